The third-order valence-electron chi connectivity index (χ3n) is 5.20. The van der Waals surface area contributed by atoms with Crippen LogP contribution in [0.2, 0.25) is 0 Å². The monoisotopic (exact) mass is 386 g/mol. The minimum absolute atomic E-state index is 0.00592. The van der Waals surface area contributed by atoms with Crippen molar-refractivity contribution in [3.63, 3.8) is 0 Å². The third kappa shape index (κ3) is 4.40. The molecule has 0 amide bonds. The highest BCUT2D eigenvalue weighted by Crippen LogP contribution is 2.34. The Morgan fingerprint density at radius 2 is 1.78 bits per heavy atom. The van der Waals surface area contributed by atoms with Gasteiger partial charge in [-0.1, -0.05) is 12.1 Å². The van der Waals surface area contributed by atoms with Crippen LogP contribution >= 0.6 is 0 Å². The number of aromatic amines is 1. The molecule has 1 saturated carbocycles. The molecular formula is C20H26N4O2S. The van der Waals surface area contributed by atoms with Crippen LogP contribution in [-0.4, -0.2) is 29.4 Å². The van der Waals surface area contributed by atoms with Gasteiger partial charge < -0.3 is 0 Å². The standard InChI is InChI=1S/C20H26N4O2S/c1-20(2,3)27(25,26)24-17-10-8-16(9-11-17)19-12-18(22-23-19)15-6-4-14(13-21)5-7-15/h4-7,12,16-17,24H,8-11H2,1-3H3,(H,22,23)/t16-,17-. The van der Waals surface area contributed by atoms with E-state index in [1.54, 1.807) is 32.9 Å². The van der Waals surface area contributed by atoms with Gasteiger partial charge in [0.1, 0.15) is 0 Å². The molecule has 0 aliphatic heterocycles. The summed E-state index contributed by atoms with van der Waals surface area (Å²) < 4.78 is 26.7. The molecule has 2 aromatic rings. The predicted octanol–water partition coefficient (Wildman–Crippen LogP) is 3.69. The number of H-pyrrole nitrogens is 1. The highest BCUT2D eigenvalue weighted by molar-refractivity contribution is 7.90. The van der Waals surface area contributed by atoms with E-state index in [0.717, 1.165) is 42.6 Å². The number of nitrogens with one attached hydrogen (secondary N) is 2. The molecule has 0 radical (unpaired) electrons. The van der Waals surface area contributed by atoms with Crippen molar-refractivity contribution in [2.24, 2.45) is 0 Å². The molecule has 2 N–H and O–H groups in total. The second-order valence-corrected chi connectivity index (χ2v) is 10.6. The summed E-state index contributed by atoms with van der Waals surface area (Å²) in [6, 6.07) is 11.6. The Labute approximate surface area is 161 Å². The second kappa shape index (κ2) is 7.45. The normalized spacial score (nSPS) is 21.0. The molecule has 144 valence electrons. The smallest absolute Gasteiger partial charge is 0.216 e. The Balaban J connectivity index is 1.62. The molecule has 0 bridgehead atoms. The van der Waals surface area contributed by atoms with Crippen LogP contribution in [-0.2, 0) is 10.0 Å². The molecule has 0 saturated heterocycles. The van der Waals surface area contributed by atoms with Crippen molar-refractivity contribution >= 4 is 10.0 Å². The number of sulfonamides is 1. The van der Waals surface area contributed by atoms with Crippen LogP contribution in [0.3, 0.4) is 0 Å². The fourth-order valence-electron chi connectivity index (χ4n) is 3.33. The van der Waals surface area contributed by atoms with Crippen molar-refractivity contribution in [1.29, 1.82) is 5.26 Å². The molecule has 3 rings (SSSR count). The van der Waals surface area contributed by atoms with Crippen LogP contribution in [0.4, 0.5) is 0 Å². The predicted molar refractivity (Wildman–Crippen MR) is 106 cm³/mol. The molecule has 1 aromatic heterocycles. The zero-order valence-corrected chi connectivity index (χ0v) is 16.8. The average Bonchev–Trinajstić information content (AvgIpc) is 3.11. The lowest BCUT2D eigenvalue weighted by atomic mass is 9.84. The highest BCUT2D eigenvalue weighted by atomic mass is 32.2. The topological polar surface area (TPSA) is 98.6 Å². The van der Waals surface area contributed by atoms with Crippen LogP contribution in [0.5, 0.6) is 0 Å². The number of rotatable bonds is 4. The van der Waals surface area contributed by atoms with Crippen LogP contribution < -0.4 is 4.72 Å². The summed E-state index contributed by atoms with van der Waals surface area (Å²) in [4.78, 5) is 0. The Morgan fingerprint density at radius 3 is 2.33 bits per heavy atom. The molecule has 27 heavy (non-hydrogen) atoms. The molecule has 0 unspecified atom stereocenters. The molecule has 6 nitrogen and oxygen atoms in total. The Hall–Kier alpha value is -2.17. The lowest BCUT2D eigenvalue weighted by Crippen LogP contribution is -2.45. The number of hydrogen-bond acceptors (Lipinski definition) is 4. The molecule has 0 spiro atoms. The zero-order valence-electron chi connectivity index (χ0n) is 16.0. The van der Waals surface area contributed by atoms with Gasteiger partial charge in [-0.2, -0.15) is 10.4 Å². The van der Waals surface area contributed by atoms with Gasteiger partial charge in [0, 0.05) is 23.2 Å². The maximum atomic E-state index is 12.3. The van der Waals surface area contributed by atoms with E-state index in [4.69, 9.17) is 5.26 Å². The van der Waals surface area contributed by atoms with Gasteiger partial charge in [-0.05, 0) is 64.7 Å². The van der Waals surface area contributed by atoms with E-state index in [2.05, 4.69) is 27.1 Å². The molecule has 0 atom stereocenters. The lowest BCUT2D eigenvalue weighted by molar-refractivity contribution is 0.367. The number of nitriles is 1. The van der Waals surface area contributed by atoms with Crippen molar-refractivity contribution in [1.82, 2.24) is 14.9 Å². The molecular weight excluding hydrogens is 360 g/mol. The first-order chi connectivity index (χ1) is 12.7. The molecule has 1 aliphatic rings. The van der Waals surface area contributed by atoms with Gasteiger partial charge in [0.15, 0.2) is 0 Å². The van der Waals surface area contributed by atoms with E-state index in [0.29, 0.717) is 11.5 Å². The summed E-state index contributed by atoms with van der Waals surface area (Å²) in [5.74, 6) is 0.361. The number of hydrogen-bond donors (Lipinski definition) is 2. The van der Waals surface area contributed by atoms with Crippen molar-refractivity contribution < 1.29 is 8.42 Å². The van der Waals surface area contributed by atoms with Crippen LogP contribution in [0.25, 0.3) is 11.3 Å². The SMILES string of the molecule is CC(C)(C)S(=O)(=O)N[C@H]1CC[C@H](c2cc(-c3ccc(C#N)cc3)n[nH]2)CC1. The van der Waals surface area contributed by atoms with Gasteiger partial charge in [-0.25, -0.2) is 13.1 Å². The molecule has 1 heterocycles. The number of aromatic nitrogens is 2. The van der Waals surface area contributed by atoms with E-state index in [9.17, 15) is 8.42 Å². The summed E-state index contributed by atoms with van der Waals surface area (Å²) in [5.41, 5.74) is 3.56. The minimum atomic E-state index is -3.31. The first kappa shape index (κ1) is 19.6. The van der Waals surface area contributed by atoms with Gasteiger partial charge in [0.25, 0.3) is 0 Å². The Morgan fingerprint density at radius 1 is 1.15 bits per heavy atom. The maximum absolute atomic E-state index is 12.3. The van der Waals surface area contributed by atoms with Gasteiger partial charge in [-0.15, -0.1) is 0 Å². The fourth-order valence-corrected chi connectivity index (χ4v) is 4.36. The van der Waals surface area contributed by atoms with Crippen LogP contribution in [0.15, 0.2) is 30.3 Å². The van der Waals surface area contributed by atoms with Crippen molar-refractivity contribution in [2.45, 2.75) is 63.2 Å². The summed E-state index contributed by atoms with van der Waals surface area (Å²) in [7, 11) is -3.31. The highest BCUT2D eigenvalue weighted by Gasteiger charge is 2.33. The van der Waals surface area contributed by atoms with Gasteiger partial charge in [0.2, 0.25) is 10.0 Å². The van der Waals surface area contributed by atoms with E-state index >= 15 is 0 Å². The van der Waals surface area contributed by atoms with Crippen molar-refractivity contribution in [2.75, 3.05) is 0 Å². The van der Waals surface area contributed by atoms with Crippen LogP contribution in [0, 0.1) is 11.3 Å². The van der Waals surface area contributed by atoms with Gasteiger partial charge in [-0.3, -0.25) is 5.10 Å². The van der Waals surface area contributed by atoms with Gasteiger partial charge >= 0.3 is 0 Å². The number of benzene rings is 1. The van der Waals surface area contributed by atoms with E-state index in [-0.39, 0.29) is 6.04 Å². The molecule has 1 fully saturated rings. The van der Waals surface area contributed by atoms with E-state index in [1.807, 2.05) is 12.1 Å². The zero-order chi connectivity index (χ0) is 19.7. The third-order valence-corrected chi connectivity index (χ3v) is 7.46. The first-order valence-electron chi connectivity index (χ1n) is 9.27. The van der Waals surface area contributed by atoms with Gasteiger partial charge in [0.05, 0.1) is 22.1 Å². The molecule has 7 heteroatoms. The second-order valence-electron chi connectivity index (χ2n) is 8.18. The minimum Gasteiger partial charge on any atom is -0.282 e. The molecule has 1 aromatic carbocycles. The summed E-state index contributed by atoms with van der Waals surface area (Å²) in [5, 5.41) is 16.4. The fraction of sp³-hybridized carbons (Fsp3) is 0.500. The van der Waals surface area contributed by atoms with Crippen LogP contribution in [0.1, 0.15) is 63.6 Å². The summed E-state index contributed by atoms with van der Waals surface area (Å²) in [6.07, 6.45) is 3.50. The maximum Gasteiger partial charge on any atom is 0.216 e. The van der Waals surface area contributed by atoms with E-state index in [1.165, 1.54) is 0 Å². The summed E-state index contributed by atoms with van der Waals surface area (Å²) >= 11 is 0. The number of nitrogens with zero attached hydrogens (tertiary/aromatic N) is 2. The van der Waals surface area contributed by atoms with Crippen molar-refractivity contribution in [3.05, 3.63) is 41.6 Å². The quantitative estimate of drug-likeness (QED) is 0.837. The Kier molecular flexibility index (Phi) is 5.41. The first-order valence-corrected chi connectivity index (χ1v) is 10.8. The molecule has 1 aliphatic carbocycles. The average molecular weight is 387 g/mol. The largest absolute Gasteiger partial charge is 0.282 e. The Bertz CT molecular complexity index is 926. The van der Waals surface area contributed by atoms with Crippen molar-refractivity contribution in [3.8, 4) is 17.3 Å². The lowest BCUT2D eigenvalue weighted by Gasteiger charge is -2.30. The summed E-state index contributed by atoms with van der Waals surface area (Å²) in [6.45, 7) is 5.16. The van der Waals surface area contributed by atoms with E-state index < -0.39 is 14.8 Å².